The van der Waals surface area contributed by atoms with Crippen LogP contribution in [0.4, 0.5) is 0 Å². The van der Waals surface area contributed by atoms with Crippen molar-refractivity contribution in [2.45, 2.75) is 50.4 Å². The highest BCUT2D eigenvalue weighted by Crippen LogP contribution is 2.20. The molecule has 1 atom stereocenters. The average molecular weight is 256 g/mol. The van der Waals surface area contributed by atoms with Crippen molar-refractivity contribution < 1.29 is 0 Å². The molecule has 1 N–H and O–H groups in total. The van der Waals surface area contributed by atoms with E-state index < -0.39 is 0 Å². The number of nitrogens with one attached hydrogen (secondary N) is 1. The Balaban J connectivity index is 2.21. The van der Waals surface area contributed by atoms with Gasteiger partial charge in [0.1, 0.15) is 5.82 Å². The minimum absolute atomic E-state index is 0.527. The van der Waals surface area contributed by atoms with Gasteiger partial charge in [-0.1, -0.05) is 38.5 Å². The van der Waals surface area contributed by atoms with Gasteiger partial charge in [-0.05, 0) is 19.9 Å². The topological polar surface area (TPSA) is 42.7 Å². The van der Waals surface area contributed by atoms with Crippen LogP contribution in [0.2, 0.25) is 0 Å². The number of thioether (sulfide) groups is 1. The predicted octanol–water partition coefficient (Wildman–Crippen LogP) is 2.38. The molecule has 0 saturated heterocycles. The molecule has 0 aromatic carbocycles. The van der Waals surface area contributed by atoms with Gasteiger partial charge in [-0.2, -0.15) is 0 Å². The minimum Gasteiger partial charge on any atom is -0.316 e. The molecule has 0 saturated carbocycles. The van der Waals surface area contributed by atoms with Crippen LogP contribution in [0.5, 0.6) is 0 Å². The molecule has 0 spiro atoms. The predicted molar refractivity (Wildman–Crippen MR) is 73.5 cm³/mol. The Morgan fingerprint density at radius 2 is 2.12 bits per heavy atom. The number of rotatable bonds is 8. The molecule has 0 aliphatic carbocycles. The fourth-order valence-electron chi connectivity index (χ4n) is 1.52. The number of unbranched alkanes of at least 4 members (excludes halogenated alkanes) is 2. The standard InChI is InChI=1S/C12H24N4S/c1-5-6-7-8-13-9-10(2)17-12-15-14-11(3)16(12)4/h10,13H,5-9H2,1-4H3. The smallest absolute Gasteiger partial charge is 0.191 e. The molecule has 0 radical (unpaired) electrons. The quantitative estimate of drug-likeness (QED) is 0.573. The van der Waals surface area contributed by atoms with Crippen molar-refractivity contribution in [3.8, 4) is 0 Å². The van der Waals surface area contributed by atoms with E-state index in [0.717, 1.165) is 24.1 Å². The highest BCUT2D eigenvalue weighted by Gasteiger charge is 2.10. The fourth-order valence-corrected chi connectivity index (χ4v) is 2.46. The van der Waals surface area contributed by atoms with Crippen LogP contribution in [0.25, 0.3) is 0 Å². The van der Waals surface area contributed by atoms with Crippen molar-refractivity contribution in [3.63, 3.8) is 0 Å². The summed E-state index contributed by atoms with van der Waals surface area (Å²) < 4.78 is 2.04. The third-order valence-corrected chi connectivity index (χ3v) is 3.88. The summed E-state index contributed by atoms with van der Waals surface area (Å²) in [5.41, 5.74) is 0. The van der Waals surface area contributed by atoms with Crippen LogP contribution in [0.1, 0.15) is 38.9 Å². The first kappa shape index (κ1) is 14.5. The number of nitrogens with zero attached hydrogens (tertiary/aromatic N) is 3. The molecule has 1 aromatic heterocycles. The molecule has 0 bridgehead atoms. The van der Waals surface area contributed by atoms with Crippen molar-refractivity contribution in [3.05, 3.63) is 5.82 Å². The normalized spacial score (nSPS) is 12.9. The molecular weight excluding hydrogens is 232 g/mol. The average Bonchev–Trinajstić information content (AvgIpc) is 2.61. The van der Waals surface area contributed by atoms with Crippen LogP contribution >= 0.6 is 11.8 Å². The zero-order chi connectivity index (χ0) is 12.7. The van der Waals surface area contributed by atoms with Crippen molar-refractivity contribution in [1.82, 2.24) is 20.1 Å². The van der Waals surface area contributed by atoms with Gasteiger partial charge in [-0.25, -0.2) is 0 Å². The summed E-state index contributed by atoms with van der Waals surface area (Å²) in [5, 5.41) is 13.2. The largest absolute Gasteiger partial charge is 0.316 e. The first-order valence-corrected chi connectivity index (χ1v) is 7.26. The van der Waals surface area contributed by atoms with E-state index in [9.17, 15) is 0 Å². The summed E-state index contributed by atoms with van der Waals surface area (Å²) in [4.78, 5) is 0. The fraction of sp³-hybridized carbons (Fsp3) is 0.833. The Bertz CT molecular complexity index is 324. The summed E-state index contributed by atoms with van der Waals surface area (Å²) in [7, 11) is 2.01. The van der Waals surface area contributed by atoms with E-state index in [1.807, 2.05) is 18.5 Å². The summed E-state index contributed by atoms with van der Waals surface area (Å²) in [6.07, 6.45) is 3.87. The lowest BCUT2D eigenvalue weighted by Gasteiger charge is -2.11. The van der Waals surface area contributed by atoms with Gasteiger partial charge < -0.3 is 9.88 Å². The molecule has 0 fully saturated rings. The zero-order valence-electron chi connectivity index (χ0n) is 11.4. The zero-order valence-corrected chi connectivity index (χ0v) is 12.2. The van der Waals surface area contributed by atoms with Crippen LogP contribution in [-0.4, -0.2) is 33.1 Å². The second kappa shape index (κ2) is 7.71. The van der Waals surface area contributed by atoms with Gasteiger partial charge >= 0.3 is 0 Å². The Morgan fingerprint density at radius 3 is 2.71 bits per heavy atom. The van der Waals surface area contributed by atoms with Gasteiger partial charge in [-0.15, -0.1) is 10.2 Å². The maximum Gasteiger partial charge on any atom is 0.191 e. The summed E-state index contributed by atoms with van der Waals surface area (Å²) in [6.45, 7) is 8.58. The molecule has 5 heteroatoms. The maximum absolute atomic E-state index is 4.16. The Kier molecular flexibility index (Phi) is 6.58. The molecule has 0 amide bonds. The van der Waals surface area contributed by atoms with Crippen LogP contribution in [0.3, 0.4) is 0 Å². The first-order valence-electron chi connectivity index (χ1n) is 6.38. The number of aromatic nitrogens is 3. The maximum atomic E-state index is 4.16. The molecule has 4 nitrogen and oxygen atoms in total. The lowest BCUT2D eigenvalue weighted by molar-refractivity contribution is 0.614. The van der Waals surface area contributed by atoms with Crippen LogP contribution in [0.15, 0.2) is 5.16 Å². The molecule has 1 aromatic rings. The van der Waals surface area contributed by atoms with E-state index in [4.69, 9.17) is 0 Å². The second-order valence-corrected chi connectivity index (χ2v) is 5.83. The van der Waals surface area contributed by atoms with E-state index in [-0.39, 0.29) is 0 Å². The number of hydrogen-bond acceptors (Lipinski definition) is 4. The lowest BCUT2D eigenvalue weighted by Crippen LogP contribution is -2.24. The monoisotopic (exact) mass is 256 g/mol. The molecule has 1 rings (SSSR count). The third-order valence-electron chi connectivity index (χ3n) is 2.75. The molecule has 1 heterocycles. The summed E-state index contributed by atoms with van der Waals surface area (Å²) in [6, 6.07) is 0. The number of hydrogen-bond donors (Lipinski definition) is 1. The van der Waals surface area contributed by atoms with Gasteiger partial charge in [-0.3, -0.25) is 0 Å². The van der Waals surface area contributed by atoms with E-state index in [1.54, 1.807) is 11.8 Å². The Morgan fingerprint density at radius 1 is 1.35 bits per heavy atom. The SMILES string of the molecule is CCCCCNCC(C)Sc1nnc(C)n1C. The van der Waals surface area contributed by atoms with Gasteiger partial charge in [0.15, 0.2) is 5.16 Å². The van der Waals surface area contributed by atoms with Gasteiger partial charge in [0.05, 0.1) is 0 Å². The third kappa shape index (κ3) is 5.08. The highest BCUT2D eigenvalue weighted by atomic mass is 32.2. The second-order valence-electron chi connectivity index (χ2n) is 4.43. The summed E-state index contributed by atoms with van der Waals surface area (Å²) in [5.74, 6) is 0.968. The number of aryl methyl sites for hydroxylation is 1. The highest BCUT2D eigenvalue weighted by molar-refractivity contribution is 7.99. The van der Waals surface area contributed by atoms with Crippen LogP contribution < -0.4 is 5.32 Å². The van der Waals surface area contributed by atoms with Crippen LogP contribution in [-0.2, 0) is 7.05 Å². The Labute approximate surface area is 109 Å². The van der Waals surface area contributed by atoms with E-state index in [2.05, 4.69) is 29.4 Å². The van der Waals surface area contributed by atoms with Crippen molar-refractivity contribution >= 4 is 11.8 Å². The van der Waals surface area contributed by atoms with Gasteiger partial charge in [0.25, 0.3) is 0 Å². The first-order chi connectivity index (χ1) is 8.15. The van der Waals surface area contributed by atoms with Crippen molar-refractivity contribution in [1.29, 1.82) is 0 Å². The summed E-state index contributed by atoms with van der Waals surface area (Å²) >= 11 is 1.78. The molecule has 98 valence electrons. The molecule has 0 aliphatic rings. The van der Waals surface area contributed by atoms with Gasteiger partial charge in [0, 0.05) is 18.8 Å². The van der Waals surface area contributed by atoms with E-state index in [1.165, 1.54) is 19.3 Å². The van der Waals surface area contributed by atoms with E-state index >= 15 is 0 Å². The van der Waals surface area contributed by atoms with E-state index in [0.29, 0.717) is 5.25 Å². The van der Waals surface area contributed by atoms with Gasteiger partial charge in [0.2, 0.25) is 0 Å². The Hall–Kier alpha value is -0.550. The van der Waals surface area contributed by atoms with Crippen molar-refractivity contribution in [2.75, 3.05) is 13.1 Å². The molecular formula is C12H24N4S. The minimum atomic E-state index is 0.527. The van der Waals surface area contributed by atoms with Crippen LogP contribution in [0, 0.1) is 6.92 Å². The lowest BCUT2D eigenvalue weighted by atomic mass is 10.2. The van der Waals surface area contributed by atoms with Crippen molar-refractivity contribution in [2.24, 2.45) is 7.05 Å². The molecule has 17 heavy (non-hydrogen) atoms. The molecule has 1 unspecified atom stereocenters. The molecule has 0 aliphatic heterocycles.